The molecule has 0 N–H and O–H groups in total. The summed E-state index contributed by atoms with van der Waals surface area (Å²) in [5.41, 5.74) is 1.12. The molecule has 136 valence electrons. The van der Waals surface area contributed by atoms with Crippen molar-refractivity contribution in [3.8, 4) is 5.75 Å². The summed E-state index contributed by atoms with van der Waals surface area (Å²) in [5, 5.41) is 2.04. The summed E-state index contributed by atoms with van der Waals surface area (Å²) in [6.45, 7) is -0.397. The number of halogens is 1. The van der Waals surface area contributed by atoms with E-state index in [1.54, 1.807) is 13.2 Å². The Morgan fingerprint density at radius 1 is 0.963 bits per heavy atom. The molecule has 3 aromatic rings. The van der Waals surface area contributed by atoms with Gasteiger partial charge in [0.2, 0.25) is 0 Å². The van der Waals surface area contributed by atoms with Crippen LogP contribution in [0.3, 0.4) is 0 Å². The molecule has 0 aliphatic heterocycles. The van der Waals surface area contributed by atoms with Crippen molar-refractivity contribution in [2.45, 2.75) is 0 Å². The van der Waals surface area contributed by atoms with Crippen LogP contribution in [0.25, 0.3) is 16.8 Å². The van der Waals surface area contributed by atoms with Crippen LogP contribution in [0.2, 0.25) is 0 Å². The summed E-state index contributed by atoms with van der Waals surface area (Å²) in [6, 6.07) is 16.5. The van der Waals surface area contributed by atoms with Gasteiger partial charge in [-0.05, 0) is 64.9 Å². The van der Waals surface area contributed by atoms with Crippen molar-refractivity contribution in [3.05, 3.63) is 83.7 Å². The Bertz CT molecular complexity index is 1010. The molecule has 0 amide bonds. The highest BCUT2D eigenvalue weighted by Gasteiger charge is 2.08. The van der Waals surface area contributed by atoms with Crippen LogP contribution in [0.4, 0.5) is 4.39 Å². The maximum atomic E-state index is 12.8. The molecule has 0 aromatic heterocycles. The predicted octanol–water partition coefficient (Wildman–Crippen LogP) is 4.43. The number of Topliss-reactive ketones (excluding diaryl/α,β-unsaturated/α-hetero) is 1. The molecule has 0 saturated carbocycles. The fourth-order valence-electron chi connectivity index (χ4n) is 2.54. The first-order valence-corrected chi connectivity index (χ1v) is 8.26. The van der Waals surface area contributed by atoms with Crippen LogP contribution in [0.15, 0.2) is 66.7 Å². The Morgan fingerprint density at radius 2 is 1.67 bits per heavy atom. The molecular formula is C22H17FO4. The smallest absolute Gasteiger partial charge is 0.331 e. The van der Waals surface area contributed by atoms with Gasteiger partial charge < -0.3 is 9.47 Å². The van der Waals surface area contributed by atoms with Gasteiger partial charge in [-0.1, -0.05) is 18.2 Å². The quantitative estimate of drug-likeness (QED) is 0.369. The molecule has 27 heavy (non-hydrogen) atoms. The molecular weight excluding hydrogens is 347 g/mol. The highest BCUT2D eigenvalue weighted by Crippen LogP contribution is 2.22. The molecule has 4 nitrogen and oxygen atoms in total. The lowest BCUT2D eigenvalue weighted by Gasteiger charge is -2.04. The Labute approximate surface area is 155 Å². The number of benzene rings is 3. The van der Waals surface area contributed by atoms with Crippen molar-refractivity contribution in [1.29, 1.82) is 0 Å². The summed E-state index contributed by atoms with van der Waals surface area (Å²) in [6.07, 6.45) is 2.89. The summed E-state index contributed by atoms with van der Waals surface area (Å²) in [4.78, 5) is 23.7. The highest BCUT2D eigenvalue weighted by molar-refractivity contribution is 5.99. The van der Waals surface area contributed by atoms with E-state index in [0.717, 1.165) is 22.1 Å². The van der Waals surface area contributed by atoms with Crippen molar-refractivity contribution in [3.63, 3.8) is 0 Å². The molecule has 3 aromatic carbocycles. The number of fused-ring (bicyclic) bond motifs is 1. The van der Waals surface area contributed by atoms with Crippen LogP contribution in [0.1, 0.15) is 15.9 Å². The Balaban J connectivity index is 1.60. The van der Waals surface area contributed by atoms with E-state index in [1.807, 2.05) is 36.4 Å². The number of carbonyl (C=O) groups is 2. The number of ketones is 1. The van der Waals surface area contributed by atoms with E-state index < -0.39 is 24.2 Å². The van der Waals surface area contributed by atoms with E-state index in [9.17, 15) is 14.0 Å². The SMILES string of the molecule is COc1ccc2cc(/C=C/C(=O)OCC(=O)c3ccc(F)cc3)ccc2c1. The minimum Gasteiger partial charge on any atom is -0.497 e. The lowest BCUT2D eigenvalue weighted by Crippen LogP contribution is -2.12. The topological polar surface area (TPSA) is 52.6 Å². The lowest BCUT2D eigenvalue weighted by atomic mass is 10.1. The first-order valence-electron chi connectivity index (χ1n) is 8.26. The molecule has 0 spiro atoms. The van der Waals surface area contributed by atoms with Crippen molar-refractivity contribution < 1.29 is 23.5 Å². The zero-order valence-corrected chi connectivity index (χ0v) is 14.6. The van der Waals surface area contributed by atoms with Crippen molar-refractivity contribution >= 4 is 28.6 Å². The van der Waals surface area contributed by atoms with Crippen LogP contribution in [0, 0.1) is 5.82 Å². The van der Waals surface area contributed by atoms with Gasteiger partial charge in [0.1, 0.15) is 11.6 Å². The second-order valence-electron chi connectivity index (χ2n) is 5.84. The Morgan fingerprint density at radius 3 is 2.41 bits per heavy atom. The van der Waals surface area contributed by atoms with Crippen LogP contribution in [-0.2, 0) is 9.53 Å². The molecule has 0 unspecified atom stereocenters. The Hall–Kier alpha value is -3.47. The zero-order valence-electron chi connectivity index (χ0n) is 14.6. The molecule has 0 bridgehead atoms. The van der Waals surface area contributed by atoms with E-state index >= 15 is 0 Å². The minimum atomic E-state index is -0.625. The lowest BCUT2D eigenvalue weighted by molar-refractivity contribution is -0.136. The summed E-state index contributed by atoms with van der Waals surface area (Å²) >= 11 is 0. The van der Waals surface area contributed by atoms with Crippen LogP contribution in [0.5, 0.6) is 5.75 Å². The predicted molar refractivity (Wildman–Crippen MR) is 101 cm³/mol. The van der Waals surface area contributed by atoms with Gasteiger partial charge in [0.15, 0.2) is 12.4 Å². The number of ether oxygens (including phenoxy) is 2. The zero-order chi connectivity index (χ0) is 19.2. The second-order valence-corrected chi connectivity index (χ2v) is 5.84. The van der Waals surface area contributed by atoms with Gasteiger partial charge in [-0.2, -0.15) is 0 Å². The van der Waals surface area contributed by atoms with Crippen molar-refractivity contribution in [2.75, 3.05) is 13.7 Å². The van der Waals surface area contributed by atoms with Gasteiger partial charge in [0, 0.05) is 11.6 Å². The number of hydrogen-bond donors (Lipinski definition) is 0. The molecule has 0 radical (unpaired) electrons. The largest absolute Gasteiger partial charge is 0.497 e. The van der Waals surface area contributed by atoms with E-state index in [0.29, 0.717) is 0 Å². The molecule has 0 aliphatic carbocycles. The third-order valence-corrected chi connectivity index (χ3v) is 4.00. The molecule has 0 saturated heterocycles. The van der Waals surface area contributed by atoms with E-state index in [-0.39, 0.29) is 5.56 Å². The minimum absolute atomic E-state index is 0.290. The van der Waals surface area contributed by atoms with Crippen LogP contribution >= 0.6 is 0 Å². The summed E-state index contributed by atoms with van der Waals surface area (Å²) in [7, 11) is 1.62. The maximum absolute atomic E-state index is 12.8. The van der Waals surface area contributed by atoms with Gasteiger partial charge in [0.05, 0.1) is 7.11 Å². The fraction of sp³-hybridized carbons (Fsp3) is 0.0909. The molecule has 5 heteroatoms. The number of hydrogen-bond acceptors (Lipinski definition) is 4. The van der Waals surface area contributed by atoms with Crippen LogP contribution in [-0.4, -0.2) is 25.5 Å². The van der Waals surface area contributed by atoms with Gasteiger partial charge in [-0.25, -0.2) is 9.18 Å². The molecule has 3 rings (SSSR count). The molecule has 0 heterocycles. The third-order valence-electron chi connectivity index (χ3n) is 4.00. The second kappa shape index (κ2) is 8.27. The molecule has 0 atom stereocenters. The number of esters is 1. The summed E-state index contributed by atoms with van der Waals surface area (Å²) < 4.78 is 23.0. The van der Waals surface area contributed by atoms with Crippen LogP contribution < -0.4 is 4.74 Å². The van der Waals surface area contributed by atoms with Crippen molar-refractivity contribution in [1.82, 2.24) is 0 Å². The average Bonchev–Trinajstić information content (AvgIpc) is 2.70. The van der Waals surface area contributed by atoms with E-state index in [4.69, 9.17) is 9.47 Å². The molecule has 0 aliphatic rings. The number of rotatable bonds is 6. The third kappa shape index (κ3) is 4.79. The standard InChI is InChI=1S/C22H17FO4/c1-26-20-10-7-17-12-15(2-4-18(17)13-20)3-11-22(25)27-14-21(24)16-5-8-19(23)9-6-16/h2-13H,14H2,1H3/b11-3+. The monoisotopic (exact) mass is 364 g/mol. The van der Waals surface area contributed by atoms with Gasteiger partial charge in [-0.15, -0.1) is 0 Å². The van der Waals surface area contributed by atoms with Gasteiger partial charge >= 0.3 is 5.97 Å². The fourth-order valence-corrected chi connectivity index (χ4v) is 2.54. The molecule has 0 fully saturated rings. The normalized spacial score (nSPS) is 10.9. The van der Waals surface area contributed by atoms with Crippen molar-refractivity contribution in [2.24, 2.45) is 0 Å². The highest BCUT2D eigenvalue weighted by atomic mass is 19.1. The van der Waals surface area contributed by atoms with Gasteiger partial charge in [-0.3, -0.25) is 4.79 Å². The average molecular weight is 364 g/mol. The van der Waals surface area contributed by atoms with E-state index in [2.05, 4.69) is 0 Å². The first-order chi connectivity index (χ1) is 13.0. The maximum Gasteiger partial charge on any atom is 0.331 e. The first kappa shape index (κ1) is 18.3. The van der Waals surface area contributed by atoms with Gasteiger partial charge in [0.25, 0.3) is 0 Å². The number of methoxy groups -OCH3 is 1. The van der Waals surface area contributed by atoms with E-state index in [1.165, 1.54) is 30.3 Å². The Kier molecular flexibility index (Phi) is 5.61. The summed E-state index contributed by atoms with van der Waals surface area (Å²) in [5.74, 6) is -0.669. The number of carbonyl (C=O) groups excluding carboxylic acids is 2.